The van der Waals surface area contributed by atoms with Gasteiger partial charge in [0.25, 0.3) is 10.0 Å². The molecule has 25 heavy (non-hydrogen) atoms. The molecule has 1 N–H and O–H groups in total. The Bertz CT molecular complexity index is 807. The molecule has 0 aromatic heterocycles. The molecule has 0 aliphatic rings. The van der Waals surface area contributed by atoms with Crippen LogP contribution in [0.1, 0.15) is 5.56 Å². The van der Waals surface area contributed by atoms with Crippen LogP contribution in [0.25, 0.3) is 0 Å². The van der Waals surface area contributed by atoms with Crippen LogP contribution in [0, 0.1) is 6.92 Å². The zero-order valence-electron chi connectivity index (χ0n) is 14.3. The second kappa shape index (κ2) is 8.64. The van der Waals surface area contributed by atoms with Crippen molar-refractivity contribution >= 4 is 21.6 Å². The van der Waals surface area contributed by atoms with E-state index in [-0.39, 0.29) is 17.3 Å². The van der Waals surface area contributed by atoms with E-state index in [1.54, 1.807) is 30.3 Å². The van der Waals surface area contributed by atoms with Crippen molar-refractivity contribution < 1.29 is 17.9 Å². The molecule has 2 rings (SSSR count). The van der Waals surface area contributed by atoms with Gasteiger partial charge >= 0.3 is 0 Å². The van der Waals surface area contributed by atoms with E-state index in [9.17, 15) is 13.2 Å². The molecule has 0 atom stereocenters. The molecular formula is C18H22N2O4S. The quantitative estimate of drug-likeness (QED) is 0.729. The summed E-state index contributed by atoms with van der Waals surface area (Å²) in [6.07, 6.45) is 0. The first-order chi connectivity index (χ1) is 12.0. The van der Waals surface area contributed by atoms with Crippen molar-refractivity contribution in [1.82, 2.24) is 5.32 Å². The van der Waals surface area contributed by atoms with Gasteiger partial charge in [0, 0.05) is 13.7 Å². The predicted molar refractivity (Wildman–Crippen MR) is 97.0 cm³/mol. The maximum Gasteiger partial charge on any atom is 0.264 e. The second-order valence-electron chi connectivity index (χ2n) is 5.45. The van der Waals surface area contributed by atoms with Gasteiger partial charge in [-0.15, -0.1) is 0 Å². The number of amides is 1. The Morgan fingerprint density at radius 2 is 1.72 bits per heavy atom. The first-order valence-corrected chi connectivity index (χ1v) is 9.30. The molecule has 6 nitrogen and oxygen atoms in total. The molecule has 2 aromatic rings. The molecule has 0 radical (unpaired) electrons. The number of ether oxygens (including phenoxy) is 1. The van der Waals surface area contributed by atoms with Crippen LogP contribution in [-0.2, 0) is 19.6 Å². The van der Waals surface area contributed by atoms with Gasteiger partial charge in [0.15, 0.2) is 0 Å². The summed E-state index contributed by atoms with van der Waals surface area (Å²) >= 11 is 0. The van der Waals surface area contributed by atoms with Crippen LogP contribution in [0.4, 0.5) is 5.69 Å². The highest BCUT2D eigenvalue weighted by Crippen LogP contribution is 2.26. The SMILES string of the molecule is COCCNC(=O)CN(c1ccccc1C)S(=O)(=O)c1ccccc1. The molecule has 134 valence electrons. The number of carbonyl (C=O) groups excluding carboxylic acids is 1. The number of sulfonamides is 1. The van der Waals surface area contributed by atoms with Crippen molar-refractivity contribution in [2.24, 2.45) is 0 Å². The number of hydrogen-bond acceptors (Lipinski definition) is 4. The fraction of sp³-hybridized carbons (Fsp3) is 0.278. The number of benzene rings is 2. The fourth-order valence-electron chi connectivity index (χ4n) is 2.34. The lowest BCUT2D eigenvalue weighted by atomic mass is 10.2. The number of carbonyl (C=O) groups is 1. The molecule has 0 bridgehead atoms. The number of anilines is 1. The number of rotatable bonds is 8. The molecule has 0 saturated heterocycles. The van der Waals surface area contributed by atoms with Gasteiger partial charge in [-0.2, -0.15) is 0 Å². The van der Waals surface area contributed by atoms with Crippen LogP contribution >= 0.6 is 0 Å². The van der Waals surface area contributed by atoms with Crippen molar-refractivity contribution in [3.63, 3.8) is 0 Å². The molecule has 0 saturated carbocycles. The highest BCUT2D eigenvalue weighted by Gasteiger charge is 2.27. The van der Waals surface area contributed by atoms with E-state index in [1.807, 2.05) is 19.1 Å². The van der Waals surface area contributed by atoms with Gasteiger partial charge in [0.2, 0.25) is 5.91 Å². The lowest BCUT2D eigenvalue weighted by molar-refractivity contribution is -0.119. The van der Waals surface area contributed by atoms with E-state index < -0.39 is 10.0 Å². The summed E-state index contributed by atoms with van der Waals surface area (Å²) in [4.78, 5) is 12.4. The monoisotopic (exact) mass is 362 g/mol. The third-order valence-corrected chi connectivity index (χ3v) is 5.40. The van der Waals surface area contributed by atoms with E-state index in [1.165, 1.54) is 19.2 Å². The standard InChI is InChI=1S/C18H22N2O4S/c1-15-8-6-7-11-17(15)20(14-18(21)19-12-13-24-2)25(22,23)16-9-4-3-5-10-16/h3-11H,12-14H2,1-2H3,(H,19,21). The van der Waals surface area contributed by atoms with E-state index in [2.05, 4.69) is 5.32 Å². The maximum atomic E-state index is 13.1. The highest BCUT2D eigenvalue weighted by atomic mass is 32.2. The number of nitrogens with one attached hydrogen (secondary N) is 1. The molecule has 0 spiro atoms. The first-order valence-electron chi connectivity index (χ1n) is 7.86. The summed E-state index contributed by atoms with van der Waals surface area (Å²) in [5, 5.41) is 2.66. The predicted octanol–water partition coefficient (Wildman–Crippen LogP) is 1.95. The minimum Gasteiger partial charge on any atom is -0.383 e. The highest BCUT2D eigenvalue weighted by molar-refractivity contribution is 7.92. The molecular weight excluding hydrogens is 340 g/mol. The van der Waals surface area contributed by atoms with E-state index >= 15 is 0 Å². The molecule has 2 aromatic carbocycles. The van der Waals surface area contributed by atoms with Gasteiger partial charge in [-0.05, 0) is 30.7 Å². The molecule has 0 heterocycles. The van der Waals surface area contributed by atoms with Crippen LogP contribution in [-0.4, -0.2) is 41.1 Å². The lowest BCUT2D eigenvalue weighted by Gasteiger charge is -2.25. The van der Waals surface area contributed by atoms with Crippen LogP contribution < -0.4 is 9.62 Å². The van der Waals surface area contributed by atoms with Gasteiger partial charge in [-0.3, -0.25) is 9.10 Å². The minimum absolute atomic E-state index is 0.142. The third-order valence-electron chi connectivity index (χ3n) is 3.63. The molecule has 0 unspecified atom stereocenters. The molecule has 0 aliphatic carbocycles. The maximum absolute atomic E-state index is 13.1. The summed E-state index contributed by atoms with van der Waals surface area (Å²) < 4.78 is 32.2. The zero-order chi connectivity index (χ0) is 18.3. The topological polar surface area (TPSA) is 75.7 Å². The number of para-hydroxylation sites is 1. The van der Waals surface area contributed by atoms with Gasteiger partial charge in [0.1, 0.15) is 6.54 Å². The molecule has 0 fully saturated rings. The van der Waals surface area contributed by atoms with Crippen molar-refractivity contribution in [3.8, 4) is 0 Å². The van der Waals surface area contributed by atoms with Crippen LogP contribution in [0.5, 0.6) is 0 Å². The third kappa shape index (κ3) is 4.80. The van der Waals surface area contributed by atoms with E-state index in [0.717, 1.165) is 9.87 Å². The number of nitrogens with zero attached hydrogens (tertiary/aromatic N) is 1. The Balaban J connectivity index is 2.36. The van der Waals surface area contributed by atoms with Crippen LogP contribution in [0.15, 0.2) is 59.5 Å². The van der Waals surface area contributed by atoms with Crippen molar-refractivity contribution in [2.45, 2.75) is 11.8 Å². The van der Waals surface area contributed by atoms with Gasteiger partial charge in [0.05, 0.1) is 17.2 Å². The van der Waals surface area contributed by atoms with Gasteiger partial charge < -0.3 is 10.1 Å². The van der Waals surface area contributed by atoms with Crippen LogP contribution in [0.3, 0.4) is 0 Å². The summed E-state index contributed by atoms with van der Waals surface area (Å²) in [5.74, 6) is -0.389. The van der Waals surface area contributed by atoms with Crippen molar-refractivity contribution in [1.29, 1.82) is 0 Å². The number of aryl methyl sites for hydroxylation is 1. The Kier molecular flexibility index (Phi) is 6.55. The van der Waals surface area contributed by atoms with Crippen LogP contribution in [0.2, 0.25) is 0 Å². The average Bonchev–Trinajstić information content (AvgIpc) is 2.61. The summed E-state index contributed by atoms with van der Waals surface area (Å²) in [7, 11) is -2.33. The van der Waals surface area contributed by atoms with E-state index in [0.29, 0.717) is 18.8 Å². The largest absolute Gasteiger partial charge is 0.383 e. The first kappa shape index (κ1) is 19.0. The molecule has 0 aliphatic heterocycles. The normalized spacial score (nSPS) is 11.1. The lowest BCUT2D eigenvalue weighted by Crippen LogP contribution is -2.42. The van der Waals surface area contributed by atoms with Crippen molar-refractivity contribution in [2.75, 3.05) is 31.1 Å². The van der Waals surface area contributed by atoms with E-state index in [4.69, 9.17) is 4.74 Å². The van der Waals surface area contributed by atoms with Crippen molar-refractivity contribution in [3.05, 3.63) is 60.2 Å². The van der Waals surface area contributed by atoms with Gasteiger partial charge in [-0.25, -0.2) is 8.42 Å². The summed E-state index contributed by atoms with van der Waals surface area (Å²) in [5.41, 5.74) is 1.25. The van der Waals surface area contributed by atoms with Gasteiger partial charge in [-0.1, -0.05) is 36.4 Å². The molecule has 1 amide bonds. The number of methoxy groups -OCH3 is 1. The zero-order valence-corrected chi connectivity index (χ0v) is 15.1. The minimum atomic E-state index is -3.86. The smallest absolute Gasteiger partial charge is 0.264 e. The Morgan fingerprint density at radius 3 is 2.36 bits per heavy atom. The summed E-state index contributed by atoms with van der Waals surface area (Å²) in [6, 6.07) is 15.2. The number of hydrogen-bond donors (Lipinski definition) is 1. The Morgan fingerprint density at radius 1 is 1.08 bits per heavy atom. The Hall–Kier alpha value is -2.38. The Labute approximate surface area is 148 Å². The second-order valence-corrected chi connectivity index (χ2v) is 7.32. The summed E-state index contributed by atoms with van der Waals surface area (Å²) in [6.45, 7) is 2.20. The fourth-order valence-corrected chi connectivity index (χ4v) is 3.85. The average molecular weight is 362 g/mol. The molecule has 7 heteroatoms.